The van der Waals surface area contributed by atoms with E-state index in [4.69, 9.17) is 32.9 Å². The van der Waals surface area contributed by atoms with Crippen LogP contribution in [-0.4, -0.2) is 82.1 Å². The molecule has 218 valence electrons. The van der Waals surface area contributed by atoms with Gasteiger partial charge in [0, 0.05) is 60.9 Å². The summed E-state index contributed by atoms with van der Waals surface area (Å²) in [6.07, 6.45) is 4.53. The van der Waals surface area contributed by atoms with Crippen molar-refractivity contribution in [1.29, 1.82) is 5.26 Å². The van der Waals surface area contributed by atoms with Gasteiger partial charge < -0.3 is 19.6 Å². The summed E-state index contributed by atoms with van der Waals surface area (Å²) in [4.78, 5) is 32.2. The number of benzene rings is 1. The molecule has 1 unspecified atom stereocenters. The van der Waals surface area contributed by atoms with Gasteiger partial charge in [0.15, 0.2) is 5.75 Å². The molecule has 0 bridgehead atoms. The van der Waals surface area contributed by atoms with Crippen LogP contribution in [-0.2, 0) is 11.3 Å². The Morgan fingerprint density at radius 3 is 2.45 bits per heavy atom. The Morgan fingerprint density at radius 1 is 1.07 bits per heavy atom. The molecule has 2 aliphatic heterocycles. The number of aromatic nitrogens is 3. The number of pyridine rings is 1. The molecule has 3 atom stereocenters. The Morgan fingerprint density at radius 2 is 1.79 bits per heavy atom. The molecular formula is C30H31Cl2N7O3. The van der Waals surface area contributed by atoms with Gasteiger partial charge in [-0.3, -0.25) is 9.69 Å². The molecule has 2 aromatic heterocycles. The molecule has 3 aliphatic rings. The predicted octanol–water partition coefficient (Wildman–Crippen LogP) is 4.83. The van der Waals surface area contributed by atoms with Gasteiger partial charge in [-0.05, 0) is 62.2 Å². The number of nitrogens with zero attached hydrogens (tertiary/aromatic N) is 7. The van der Waals surface area contributed by atoms with Gasteiger partial charge in [-0.2, -0.15) is 5.26 Å². The third-order valence-corrected chi connectivity index (χ3v) is 9.07. The van der Waals surface area contributed by atoms with E-state index in [0.717, 1.165) is 37.3 Å². The number of fused-ring (bicyclic) bond motifs is 1. The molecule has 0 spiro atoms. The van der Waals surface area contributed by atoms with Crippen LogP contribution in [0, 0.1) is 28.6 Å². The third kappa shape index (κ3) is 5.88. The van der Waals surface area contributed by atoms with Crippen molar-refractivity contribution in [3.05, 3.63) is 58.3 Å². The normalized spacial score (nSPS) is 24.4. The second-order valence-electron chi connectivity index (χ2n) is 11.4. The minimum atomic E-state index is -0.865. The summed E-state index contributed by atoms with van der Waals surface area (Å²) in [7, 11) is 2.11. The standard InChI is InChI=1S/C30H31Cl2N7O3/c1-37-6-8-39(9-7-37)29-34-15-23(16-35-29)42-26-11-19(10-25(36-26)20-12-21(31)14-22(32)13-20)17-38-4-2-24-27(28(40)41)30(24,18-33)3-5-38/h10-16,24,27H,2-9,17H2,1H3,(H,40,41)/t24-,27+,30?/m0/s1. The first-order valence-electron chi connectivity index (χ1n) is 14.0. The van der Waals surface area contributed by atoms with Gasteiger partial charge in [-0.1, -0.05) is 23.2 Å². The summed E-state index contributed by atoms with van der Waals surface area (Å²) < 4.78 is 6.16. The van der Waals surface area contributed by atoms with Crippen molar-refractivity contribution in [1.82, 2.24) is 24.8 Å². The lowest BCUT2D eigenvalue weighted by Gasteiger charge is -2.32. The van der Waals surface area contributed by atoms with Crippen molar-refractivity contribution in [3.8, 4) is 29.0 Å². The van der Waals surface area contributed by atoms with E-state index in [1.54, 1.807) is 30.6 Å². The number of anilines is 1. The van der Waals surface area contributed by atoms with Crippen LogP contribution >= 0.6 is 23.2 Å². The highest BCUT2D eigenvalue weighted by Gasteiger charge is 2.69. The predicted molar refractivity (Wildman–Crippen MR) is 159 cm³/mol. The van der Waals surface area contributed by atoms with Crippen LogP contribution in [0.3, 0.4) is 0 Å². The summed E-state index contributed by atoms with van der Waals surface area (Å²) in [6, 6.07) is 11.5. The molecule has 1 aliphatic carbocycles. The van der Waals surface area contributed by atoms with Crippen LogP contribution < -0.4 is 9.64 Å². The lowest BCUT2D eigenvalue weighted by molar-refractivity contribution is -0.139. The van der Waals surface area contributed by atoms with Gasteiger partial charge in [0.2, 0.25) is 11.8 Å². The van der Waals surface area contributed by atoms with Crippen molar-refractivity contribution >= 4 is 35.1 Å². The number of halogens is 2. The number of ether oxygens (including phenoxy) is 1. The Labute approximate surface area is 254 Å². The van der Waals surface area contributed by atoms with Gasteiger partial charge in [0.1, 0.15) is 0 Å². The van der Waals surface area contributed by atoms with Crippen LogP contribution in [0.25, 0.3) is 11.3 Å². The highest BCUT2D eigenvalue weighted by molar-refractivity contribution is 6.35. The average molecular weight is 609 g/mol. The second kappa shape index (κ2) is 11.7. The fourth-order valence-corrected chi connectivity index (χ4v) is 6.81. The average Bonchev–Trinajstić information content (AvgIpc) is 3.65. The first kappa shape index (κ1) is 28.6. The monoisotopic (exact) mass is 607 g/mol. The van der Waals surface area contributed by atoms with Crippen molar-refractivity contribution in [2.24, 2.45) is 17.3 Å². The number of carbonyl (C=O) groups is 1. The summed E-state index contributed by atoms with van der Waals surface area (Å²) in [6.45, 7) is 5.59. The summed E-state index contributed by atoms with van der Waals surface area (Å²) >= 11 is 12.6. The molecule has 3 fully saturated rings. The summed E-state index contributed by atoms with van der Waals surface area (Å²) in [5.41, 5.74) is 1.61. The minimum Gasteiger partial charge on any atom is -0.481 e. The fraction of sp³-hybridized carbons (Fsp3) is 0.433. The number of rotatable bonds is 7. The molecule has 12 heteroatoms. The largest absolute Gasteiger partial charge is 0.481 e. The van der Waals surface area contributed by atoms with E-state index in [-0.39, 0.29) is 5.92 Å². The van der Waals surface area contributed by atoms with Gasteiger partial charge in [0.05, 0.1) is 35.5 Å². The summed E-state index contributed by atoms with van der Waals surface area (Å²) in [5.74, 6) is 0.000856. The molecule has 2 saturated heterocycles. The molecule has 0 radical (unpaired) electrons. The lowest BCUT2D eigenvalue weighted by atomic mass is 9.99. The molecule has 1 saturated carbocycles. The van der Waals surface area contributed by atoms with E-state index in [1.807, 2.05) is 12.1 Å². The number of carboxylic acid groups (broad SMARTS) is 1. The Kier molecular flexibility index (Phi) is 7.94. The van der Waals surface area contributed by atoms with Crippen molar-refractivity contribution in [2.45, 2.75) is 19.4 Å². The number of aliphatic carboxylic acids is 1. The van der Waals surface area contributed by atoms with Crippen molar-refractivity contribution in [3.63, 3.8) is 0 Å². The maximum absolute atomic E-state index is 11.7. The van der Waals surface area contributed by atoms with Crippen LogP contribution in [0.1, 0.15) is 18.4 Å². The number of nitriles is 1. The number of hydrogen-bond acceptors (Lipinski definition) is 9. The number of piperazine rings is 1. The SMILES string of the molecule is CN1CCN(c2ncc(Oc3cc(CN4CC[C@H]5[C@H](C(=O)O)C5(C#N)CC4)cc(-c4cc(Cl)cc(Cl)c4)n3)cn2)CC1. The Hall–Kier alpha value is -3.49. The smallest absolute Gasteiger partial charge is 0.308 e. The van der Waals surface area contributed by atoms with Crippen LogP contribution in [0.2, 0.25) is 10.0 Å². The fourth-order valence-electron chi connectivity index (χ4n) is 6.28. The molecule has 42 heavy (non-hydrogen) atoms. The molecule has 6 rings (SSSR count). The van der Waals surface area contributed by atoms with E-state index in [0.29, 0.717) is 65.8 Å². The zero-order valence-corrected chi connectivity index (χ0v) is 24.7. The quantitative estimate of drug-likeness (QED) is 0.400. The van der Waals surface area contributed by atoms with Crippen molar-refractivity contribution in [2.75, 3.05) is 51.2 Å². The molecule has 10 nitrogen and oxygen atoms in total. The topological polar surface area (TPSA) is 119 Å². The van der Waals surface area contributed by atoms with E-state index >= 15 is 0 Å². The summed E-state index contributed by atoms with van der Waals surface area (Å²) in [5, 5.41) is 20.4. The van der Waals surface area contributed by atoms with Gasteiger partial charge >= 0.3 is 5.97 Å². The number of carboxylic acids is 1. The van der Waals surface area contributed by atoms with Gasteiger partial charge in [0.25, 0.3) is 0 Å². The van der Waals surface area contributed by atoms with E-state index in [1.165, 1.54) is 0 Å². The maximum atomic E-state index is 11.7. The molecule has 4 heterocycles. The van der Waals surface area contributed by atoms with Gasteiger partial charge in [-0.25, -0.2) is 15.0 Å². The first-order valence-corrected chi connectivity index (χ1v) is 14.8. The number of likely N-dealkylation sites (tertiary alicyclic amines) is 1. The highest BCUT2D eigenvalue weighted by atomic mass is 35.5. The zero-order chi connectivity index (χ0) is 29.4. The Balaban J connectivity index is 1.23. The minimum absolute atomic E-state index is 0.0979. The van der Waals surface area contributed by atoms with Crippen LogP contribution in [0.15, 0.2) is 42.7 Å². The van der Waals surface area contributed by atoms with Crippen LogP contribution in [0.4, 0.5) is 5.95 Å². The first-order chi connectivity index (χ1) is 20.2. The molecule has 3 aromatic rings. The molecule has 1 N–H and O–H groups in total. The Bertz CT molecular complexity index is 1500. The highest BCUT2D eigenvalue weighted by Crippen LogP contribution is 2.63. The number of likely N-dealkylation sites (N-methyl/N-ethyl adjacent to an activating group) is 1. The van der Waals surface area contributed by atoms with E-state index in [9.17, 15) is 15.2 Å². The number of hydrogen-bond donors (Lipinski definition) is 1. The molecular weight excluding hydrogens is 577 g/mol. The maximum Gasteiger partial charge on any atom is 0.308 e. The second-order valence-corrected chi connectivity index (χ2v) is 12.2. The van der Waals surface area contributed by atoms with Crippen LogP contribution in [0.5, 0.6) is 11.6 Å². The molecule has 1 aromatic carbocycles. The third-order valence-electron chi connectivity index (χ3n) is 8.63. The lowest BCUT2D eigenvalue weighted by Crippen LogP contribution is -2.45. The van der Waals surface area contributed by atoms with E-state index in [2.05, 4.69) is 37.8 Å². The van der Waals surface area contributed by atoms with Crippen molar-refractivity contribution < 1.29 is 14.6 Å². The van der Waals surface area contributed by atoms with Gasteiger partial charge in [-0.15, -0.1) is 0 Å². The zero-order valence-electron chi connectivity index (χ0n) is 23.2. The van der Waals surface area contributed by atoms with E-state index < -0.39 is 17.3 Å². The molecule has 0 amide bonds.